The lowest BCUT2D eigenvalue weighted by Gasteiger charge is -2.14. The van der Waals surface area contributed by atoms with Gasteiger partial charge in [0.05, 0.1) is 10.0 Å². The topological polar surface area (TPSA) is 48.2 Å². The van der Waals surface area contributed by atoms with Crippen LogP contribution in [0.1, 0.15) is 13.8 Å². The van der Waals surface area contributed by atoms with Crippen molar-refractivity contribution in [2.24, 2.45) is 0 Å². The van der Waals surface area contributed by atoms with E-state index in [0.29, 0.717) is 0 Å². The summed E-state index contributed by atoms with van der Waals surface area (Å²) >= 11 is 4.73. The fourth-order valence-corrected chi connectivity index (χ4v) is 0.717. The molecule has 0 aromatic rings. The van der Waals surface area contributed by atoms with Gasteiger partial charge < -0.3 is 4.24 Å². The average Bonchev–Trinajstić information content (AvgIpc) is 1.67. The van der Waals surface area contributed by atoms with Gasteiger partial charge in [-0.3, -0.25) is 11.8 Å². The smallest absolute Gasteiger partial charge is 0.0853 e. The van der Waals surface area contributed by atoms with E-state index in [4.69, 9.17) is 11.8 Å². The highest BCUT2D eigenvalue weighted by Gasteiger charge is 2.02. The van der Waals surface area contributed by atoms with Gasteiger partial charge in [0.25, 0.3) is 0 Å². The Bertz CT molecular complexity index is 151. The van der Waals surface area contributed by atoms with Crippen molar-refractivity contribution in [1.29, 1.82) is 0 Å². The Kier molecular flexibility index (Phi) is 2.73. The Balaban J connectivity index is 4.17. The van der Waals surface area contributed by atoms with Crippen molar-refractivity contribution in [3.8, 4) is 0 Å². The summed E-state index contributed by atoms with van der Waals surface area (Å²) in [6, 6.07) is 0. The lowest BCUT2D eigenvalue weighted by Crippen LogP contribution is -2.08. The van der Waals surface area contributed by atoms with E-state index >= 15 is 0 Å². The molecule has 0 aliphatic carbocycles. The molecule has 0 atom stereocenters. The van der Waals surface area contributed by atoms with E-state index in [9.17, 15) is 8.42 Å². The Labute approximate surface area is 54.2 Å². The van der Waals surface area contributed by atoms with E-state index in [1.54, 1.807) is 0 Å². The number of hydrogen-bond donors (Lipinski definition) is 0. The van der Waals surface area contributed by atoms with Gasteiger partial charge in [-0.25, -0.2) is 8.42 Å². The van der Waals surface area contributed by atoms with Crippen LogP contribution < -0.4 is 0 Å². The molecule has 0 amide bonds. The number of hydrogen-bond acceptors (Lipinski definition) is 2. The molecular formula is C3H7ClNO2S-. The lowest BCUT2D eigenvalue weighted by atomic mass is 10.6. The number of halogens is 1. The van der Waals surface area contributed by atoms with Crippen LogP contribution in [0.15, 0.2) is 0 Å². The highest BCUT2D eigenvalue weighted by molar-refractivity contribution is 7.95. The van der Waals surface area contributed by atoms with Crippen LogP contribution in [0.5, 0.6) is 0 Å². The second kappa shape index (κ2) is 2.66. The van der Waals surface area contributed by atoms with Gasteiger partial charge in [0.2, 0.25) is 0 Å². The SMILES string of the molecule is CC(C)S(=O)(=O)[N-]Cl. The fourth-order valence-electron chi connectivity index (χ4n) is 0.0797. The zero-order chi connectivity index (χ0) is 6.78. The van der Waals surface area contributed by atoms with E-state index in [-0.39, 0.29) is 0 Å². The van der Waals surface area contributed by atoms with E-state index in [0.717, 1.165) is 0 Å². The van der Waals surface area contributed by atoms with Gasteiger partial charge in [-0.2, -0.15) is 0 Å². The summed E-state index contributed by atoms with van der Waals surface area (Å²) in [7, 11) is -3.35. The van der Waals surface area contributed by atoms with Gasteiger partial charge in [0, 0.05) is 5.25 Å². The molecule has 0 rings (SSSR count). The molecule has 0 heterocycles. The monoisotopic (exact) mass is 156 g/mol. The van der Waals surface area contributed by atoms with E-state index < -0.39 is 15.3 Å². The van der Waals surface area contributed by atoms with Crippen LogP contribution in [-0.2, 0) is 10.0 Å². The summed E-state index contributed by atoms with van der Waals surface area (Å²) in [6.45, 7) is 3.03. The summed E-state index contributed by atoms with van der Waals surface area (Å²) in [6.07, 6.45) is 0. The molecule has 0 aromatic heterocycles. The minimum atomic E-state index is -3.35. The number of rotatable bonds is 2. The van der Waals surface area contributed by atoms with Crippen LogP contribution in [0.3, 0.4) is 0 Å². The van der Waals surface area contributed by atoms with Crippen molar-refractivity contribution in [1.82, 2.24) is 0 Å². The predicted molar refractivity (Wildman–Crippen MR) is 33.3 cm³/mol. The Hall–Kier alpha value is 0.200. The average molecular weight is 157 g/mol. The van der Waals surface area contributed by atoms with Crippen molar-refractivity contribution in [3.63, 3.8) is 0 Å². The molecule has 3 nitrogen and oxygen atoms in total. The molecule has 0 radical (unpaired) electrons. The van der Waals surface area contributed by atoms with Crippen LogP contribution in [-0.4, -0.2) is 13.7 Å². The molecule has 0 aliphatic heterocycles. The van der Waals surface area contributed by atoms with Crippen molar-refractivity contribution in [2.45, 2.75) is 19.1 Å². The van der Waals surface area contributed by atoms with Crippen LogP contribution in [0.2, 0.25) is 0 Å². The van der Waals surface area contributed by atoms with Crippen LogP contribution in [0.4, 0.5) is 0 Å². The number of nitrogens with zero attached hydrogens (tertiary/aromatic N) is 1. The van der Waals surface area contributed by atoms with E-state index in [1.165, 1.54) is 13.8 Å². The van der Waals surface area contributed by atoms with Crippen molar-refractivity contribution in [3.05, 3.63) is 4.24 Å². The van der Waals surface area contributed by atoms with Gasteiger partial charge in [0.1, 0.15) is 0 Å². The zero-order valence-corrected chi connectivity index (χ0v) is 6.20. The molecule has 0 bridgehead atoms. The number of sulfonamides is 1. The second-order valence-corrected chi connectivity index (χ2v) is 4.16. The second-order valence-electron chi connectivity index (χ2n) is 1.63. The molecule has 5 heteroatoms. The molecule has 0 aromatic carbocycles. The maximum atomic E-state index is 10.4. The first-order chi connectivity index (χ1) is 3.50. The molecular weight excluding hydrogens is 150 g/mol. The summed E-state index contributed by atoms with van der Waals surface area (Å²) in [5.74, 6) is 0. The van der Waals surface area contributed by atoms with E-state index in [2.05, 4.69) is 4.24 Å². The van der Waals surface area contributed by atoms with Crippen molar-refractivity contribution >= 4 is 21.8 Å². The third-order valence-corrected chi connectivity index (χ3v) is 2.65. The Morgan fingerprint density at radius 1 is 1.50 bits per heavy atom. The normalized spacial score (nSPS) is 12.5. The quantitative estimate of drug-likeness (QED) is 0.604. The minimum absolute atomic E-state index is 0.514. The first-order valence-electron chi connectivity index (χ1n) is 2.08. The minimum Gasteiger partial charge on any atom is -0.462 e. The molecule has 0 saturated carbocycles. The Morgan fingerprint density at radius 3 is 1.88 bits per heavy atom. The maximum Gasteiger partial charge on any atom is 0.0853 e. The van der Waals surface area contributed by atoms with Crippen LogP contribution in [0, 0.1) is 0 Å². The van der Waals surface area contributed by atoms with Gasteiger partial charge in [0.15, 0.2) is 0 Å². The summed E-state index contributed by atoms with van der Waals surface area (Å²) in [5.41, 5.74) is 0. The summed E-state index contributed by atoms with van der Waals surface area (Å²) in [4.78, 5) is 0. The van der Waals surface area contributed by atoms with Gasteiger partial charge in [-0.1, -0.05) is 13.8 Å². The van der Waals surface area contributed by atoms with Crippen molar-refractivity contribution in [2.75, 3.05) is 0 Å². The third-order valence-electron chi connectivity index (χ3n) is 0.692. The molecule has 50 valence electrons. The first-order valence-corrected chi connectivity index (χ1v) is 3.92. The predicted octanol–water partition coefficient (Wildman–Crippen LogP) is 1.25. The maximum absolute atomic E-state index is 10.4. The molecule has 0 fully saturated rings. The molecule has 0 aliphatic rings. The zero-order valence-electron chi connectivity index (χ0n) is 4.63. The highest BCUT2D eigenvalue weighted by atomic mass is 35.5. The standard InChI is InChI=1S/C3H7ClNO2S/c1-3(2)8(6,7)5-4/h3H,1-2H3/q-1. The fraction of sp³-hybridized carbons (Fsp3) is 1.00. The summed E-state index contributed by atoms with van der Waals surface area (Å²) in [5, 5.41) is -0.514. The molecule has 0 spiro atoms. The largest absolute Gasteiger partial charge is 0.462 e. The third kappa shape index (κ3) is 1.98. The van der Waals surface area contributed by atoms with Crippen LogP contribution >= 0.6 is 11.8 Å². The Morgan fingerprint density at radius 2 is 1.88 bits per heavy atom. The molecule has 0 saturated heterocycles. The lowest BCUT2D eigenvalue weighted by molar-refractivity contribution is 0.596. The van der Waals surface area contributed by atoms with Crippen LogP contribution in [0.25, 0.3) is 4.24 Å². The highest BCUT2D eigenvalue weighted by Crippen LogP contribution is 2.10. The molecule has 8 heavy (non-hydrogen) atoms. The van der Waals surface area contributed by atoms with Gasteiger partial charge in [-0.05, 0) is 0 Å². The summed E-state index contributed by atoms with van der Waals surface area (Å²) < 4.78 is 23.5. The van der Waals surface area contributed by atoms with E-state index in [1.807, 2.05) is 0 Å². The van der Waals surface area contributed by atoms with Crippen molar-refractivity contribution < 1.29 is 8.42 Å². The molecule has 0 N–H and O–H groups in total. The van der Waals surface area contributed by atoms with Gasteiger partial charge in [-0.15, -0.1) is 0 Å². The first kappa shape index (κ1) is 8.20. The van der Waals surface area contributed by atoms with Gasteiger partial charge >= 0.3 is 0 Å². The molecule has 0 unspecified atom stereocenters.